The highest BCUT2D eigenvalue weighted by Gasteiger charge is 2.33. The van der Waals surface area contributed by atoms with Crippen molar-refractivity contribution in [1.82, 2.24) is 15.1 Å². The Hall–Kier alpha value is -3.02. The van der Waals surface area contributed by atoms with Gasteiger partial charge >= 0.3 is 12.1 Å². The number of ether oxygens (including phenoxy) is 2. The topological polar surface area (TPSA) is 105 Å². The zero-order chi connectivity index (χ0) is 24.6. The second kappa shape index (κ2) is 11.7. The van der Waals surface area contributed by atoms with Crippen molar-refractivity contribution in [2.45, 2.75) is 58.6 Å². The van der Waals surface area contributed by atoms with Crippen molar-refractivity contribution in [3.8, 4) is 12.3 Å². The maximum atomic E-state index is 12.6. The second-order valence-corrected chi connectivity index (χ2v) is 9.36. The molecule has 1 unspecified atom stereocenters. The molecule has 3 amide bonds. The Morgan fingerprint density at radius 1 is 1.18 bits per heavy atom. The molecule has 2 atom stereocenters. The van der Waals surface area contributed by atoms with Gasteiger partial charge in [-0.25, -0.2) is 4.79 Å². The highest BCUT2D eigenvalue weighted by molar-refractivity contribution is 5.89. The first-order chi connectivity index (χ1) is 15.5. The largest absolute Gasteiger partial charge is 0.466 e. The Kier molecular flexibility index (Phi) is 9.32. The number of piperidine rings is 1. The third kappa shape index (κ3) is 8.44. The molecule has 2 fully saturated rings. The highest BCUT2D eigenvalue weighted by atomic mass is 16.6. The molecule has 1 N–H and O–H groups in total. The van der Waals surface area contributed by atoms with Gasteiger partial charge in [-0.1, -0.05) is 12.0 Å². The molecule has 0 radical (unpaired) electrons. The number of hydrogen-bond donors (Lipinski definition) is 1. The number of rotatable bonds is 7. The number of hydrogen-bond acceptors (Lipinski definition) is 6. The van der Waals surface area contributed by atoms with E-state index in [0.717, 1.165) is 0 Å². The van der Waals surface area contributed by atoms with Crippen LogP contribution in [0.3, 0.4) is 0 Å². The van der Waals surface area contributed by atoms with Gasteiger partial charge in [0.1, 0.15) is 11.6 Å². The first kappa shape index (κ1) is 26.2. The molecule has 33 heavy (non-hydrogen) atoms. The molecule has 2 aliphatic heterocycles. The van der Waals surface area contributed by atoms with E-state index in [9.17, 15) is 19.2 Å². The van der Waals surface area contributed by atoms with E-state index in [0.29, 0.717) is 39.0 Å². The molecule has 0 spiro atoms. The number of amides is 3. The van der Waals surface area contributed by atoms with Crippen LogP contribution < -0.4 is 5.32 Å². The molecule has 9 nitrogen and oxygen atoms in total. The molecule has 0 aliphatic carbocycles. The van der Waals surface area contributed by atoms with Gasteiger partial charge in [0.25, 0.3) is 0 Å². The lowest BCUT2D eigenvalue weighted by atomic mass is 9.96. The van der Waals surface area contributed by atoms with Crippen LogP contribution in [0.15, 0.2) is 12.2 Å². The van der Waals surface area contributed by atoms with Crippen molar-refractivity contribution in [2.24, 2.45) is 11.8 Å². The van der Waals surface area contributed by atoms with Crippen molar-refractivity contribution >= 4 is 23.9 Å². The minimum Gasteiger partial charge on any atom is -0.466 e. The van der Waals surface area contributed by atoms with Gasteiger partial charge in [-0.15, -0.1) is 6.42 Å². The fourth-order valence-electron chi connectivity index (χ4n) is 3.65. The lowest BCUT2D eigenvalue weighted by Gasteiger charge is -2.38. The highest BCUT2D eigenvalue weighted by Crippen LogP contribution is 2.21. The maximum absolute atomic E-state index is 12.6. The standard InChI is InChI=1S/C24H35N3O6/c1-6-19(13-21(29)32-7-2)25-22(30)18-9-8-12-26(16-18)20(28)11-10-17-14-27(15-17)23(31)33-24(3,4)5/h1,10-11,17-19H,7-9,12-16H2,2-5H3,(H,25,30)/b11-10+/t18-,19?/m1/s1. The summed E-state index contributed by atoms with van der Waals surface area (Å²) in [5.74, 6) is 1.22. The van der Waals surface area contributed by atoms with Crippen LogP contribution in [0.4, 0.5) is 4.79 Å². The molecular weight excluding hydrogens is 426 g/mol. The predicted octanol–water partition coefficient (Wildman–Crippen LogP) is 1.72. The fourth-order valence-corrected chi connectivity index (χ4v) is 3.65. The number of nitrogens with one attached hydrogen (secondary N) is 1. The van der Waals surface area contributed by atoms with E-state index >= 15 is 0 Å². The van der Waals surface area contributed by atoms with Crippen LogP contribution in [0.2, 0.25) is 0 Å². The van der Waals surface area contributed by atoms with Crippen LogP contribution in [0.5, 0.6) is 0 Å². The van der Waals surface area contributed by atoms with Crippen LogP contribution in [0.1, 0.15) is 47.0 Å². The van der Waals surface area contributed by atoms with Gasteiger partial charge in [0.2, 0.25) is 11.8 Å². The fraction of sp³-hybridized carbons (Fsp3) is 0.667. The molecule has 9 heteroatoms. The zero-order valence-corrected chi connectivity index (χ0v) is 20.0. The van der Waals surface area contributed by atoms with Crippen molar-refractivity contribution in [1.29, 1.82) is 0 Å². The van der Waals surface area contributed by atoms with E-state index in [2.05, 4.69) is 11.2 Å². The van der Waals surface area contributed by atoms with Crippen LogP contribution in [-0.4, -0.2) is 78.1 Å². The summed E-state index contributed by atoms with van der Waals surface area (Å²) < 4.78 is 10.2. The van der Waals surface area contributed by atoms with E-state index in [1.807, 2.05) is 20.8 Å². The number of nitrogens with zero attached hydrogens (tertiary/aromatic N) is 2. The maximum Gasteiger partial charge on any atom is 0.410 e. The Balaban J connectivity index is 1.79. The minimum absolute atomic E-state index is 0.0874. The Morgan fingerprint density at radius 2 is 1.88 bits per heavy atom. The number of carbonyl (C=O) groups excluding carboxylic acids is 4. The van der Waals surface area contributed by atoms with Crippen LogP contribution in [0.25, 0.3) is 0 Å². The summed E-state index contributed by atoms with van der Waals surface area (Å²) in [6, 6.07) is -0.742. The van der Waals surface area contributed by atoms with E-state index in [4.69, 9.17) is 15.9 Å². The van der Waals surface area contributed by atoms with E-state index in [1.54, 1.807) is 22.8 Å². The Morgan fingerprint density at radius 3 is 2.48 bits per heavy atom. The van der Waals surface area contributed by atoms with Crippen LogP contribution in [0, 0.1) is 24.2 Å². The van der Waals surface area contributed by atoms with Crippen LogP contribution in [-0.2, 0) is 23.9 Å². The monoisotopic (exact) mass is 461 g/mol. The molecule has 0 aromatic carbocycles. The number of esters is 1. The summed E-state index contributed by atoms with van der Waals surface area (Å²) in [5, 5.41) is 2.70. The molecule has 2 rings (SSSR count). The Labute approximate surface area is 195 Å². The first-order valence-electron chi connectivity index (χ1n) is 11.4. The second-order valence-electron chi connectivity index (χ2n) is 9.36. The molecule has 2 aliphatic rings. The van der Waals surface area contributed by atoms with Crippen molar-refractivity contribution in [3.63, 3.8) is 0 Å². The predicted molar refractivity (Wildman–Crippen MR) is 122 cm³/mol. The third-order valence-corrected chi connectivity index (χ3v) is 5.37. The molecule has 2 saturated heterocycles. The lowest BCUT2D eigenvalue weighted by molar-refractivity contribution is -0.143. The summed E-state index contributed by atoms with van der Waals surface area (Å²) in [4.78, 5) is 52.1. The third-order valence-electron chi connectivity index (χ3n) is 5.37. The molecule has 0 saturated carbocycles. The number of carbonyl (C=O) groups is 4. The summed E-state index contributed by atoms with van der Waals surface area (Å²) >= 11 is 0. The van der Waals surface area contributed by atoms with Gasteiger partial charge in [-0.3, -0.25) is 14.4 Å². The van der Waals surface area contributed by atoms with E-state index in [-0.39, 0.29) is 42.8 Å². The summed E-state index contributed by atoms with van der Waals surface area (Å²) in [5.41, 5.74) is -0.538. The average molecular weight is 462 g/mol. The van der Waals surface area contributed by atoms with Crippen molar-refractivity contribution < 1.29 is 28.7 Å². The van der Waals surface area contributed by atoms with Gasteiger partial charge in [0.15, 0.2) is 0 Å². The van der Waals surface area contributed by atoms with E-state index < -0.39 is 17.6 Å². The zero-order valence-electron chi connectivity index (χ0n) is 20.0. The molecular formula is C24H35N3O6. The SMILES string of the molecule is C#CC(CC(=O)OCC)NC(=O)[C@@H]1CCCN(C(=O)/C=C/C2CN(C(=O)OC(C)(C)C)C2)C1. The summed E-state index contributed by atoms with van der Waals surface area (Å²) in [7, 11) is 0. The molecule has 182 valence electrons. The summed E-state index contributed by atoms with van der Waals surface area (Å²) in [6.45, 7) is 9.29. The van der Waals surface area contributed by atoms with Crippen molar-refractivity contribution in [3.05, 3.63) is 12.2 Å². The lowest BCUT2D eigenvalue weighted by Crippen LogP contribution is -2.51. The first-order valence-corrected chi connectivity index (χ1v) is 11.4. The quantitative estimate of drug-likeness (QED) is 0.352. The average Bonchev–Trinajstić information content (AvgIpc) is 2.70. The van der Waals surface area contributed by atoms with E-state index in [1.165, 1.54) is 6.08 Å². The van der Waals surface area contributed by atoms with Gasteiger partial charge in [0.05, 0.1) is 18.9 Å². The minimum atomic E-state index is -0.742. The Bertz CT molecular complexity index is 804. The molecule has 0 aromatic rings. The van der Waals surface area contributed by atoms with Gasteiger partial charge in [-0.05, 0) is 46.6 Å². The number of likely N-dealkylation sites (tertiary alicyclic amines) is 2. The summed E-state index contributed by atoms with van der Waals surface area (Å²) in [6.07, 6.45) is 9.66. The number of terminal acetylenes is 1. The normalized spacial score (nSPS) is 19.9. The van der Waals surface area contributed by atoms with Gasteiger partial charge in [0, 0.05) is 32.1 Å². The molecule has 0 aromatic heterocycles. The van der Waals surface area contributed by atoms with Gasteiger partial charge in [-0.2, -0.15) is 0 Å². The van der Waals surface area contributed by atoms with Gasteiger partial charge < -0.3 is 24.6 Å². The van der Waals surface area contributed by atoms with Crippen molar-refractivity contribution in [2.75, 3.05) is 32.8 Å². The van der Waals surface area contributed by atoms with Crippen LogP contribution >= 0.6 is 0 Å². The molecule has 0 bridgehead atoms. The molecule has 2 heterocycles. The smallest absolute Gasteiger partial charge is 0.410 e.